The first-order chi connectivity index (χ1) is 11.8. The van der Waals surface area contributed by atoms with Gasteiger partial charge >= 0.3 is 0 Å². The molecule has 2 saturated heterocycles. The molecule has 1 saturated carbocycles. The lowest BCUT2D eigenvalue weighted by Crippen LogP contribution is -2.46. The Hall–Kier alpha value is -0.260. The van der Waals surface area contributed by atoms with Crippen molar-refractivity contribution in [3.8, 4) is 0 Å². The lowest BCUT2D eigenvalue weighted by atomic mass is 9.94. The van der Waals surface area contributed by atoms with Gasteiger partial charge in [0, 0.05) is 25.7 Å². The van der Waals surface area contributed by atoms with E-state index in [0.717, 1.165) is 38.6 Å². The Kier molecular flexibility index (Phi) is 7.29. The monoisotopic (exact) mass is 354 g/mol. The van der Waals surface area contributed by atoms with E-state index < -0.39 is 0 Å². The summed E-state index contributed by atoms with van der Waals surface area (Å²) in [6.45, 7) is 5.09. The largest absolute Gasteiger partial charge is 0.376 e. The van der Waals surface area contributed by atoms with Crippen LogP contribution in [0.15, 0.2) is 0 Å². The van der Waals surface area contributed by atoms with Gasteiger partial charge in [0.05, 0.1) is 11.9 Å². The molecule has 1 atom stereocenters. The number of likely N-dealkylation sites (tertiary alicyclic amines) is 1. The Morgan fingerprint density at radius 1 is 1.08 bits per heavy atom. The summed E-state index contributed by atoms with van der Waals surface area (Å²) < 4.78 is 5.78. The summed E-state index contributed by atoms with van der Waals surface area (Å²) in [5, 5.41) is 0. The molecule has 1 amide bonds. The van der Waals surface area contributed by atoms with Gasteiger partial charge < -0.3 is 14.5 Å². The maximum Gasteiger partial charge on any atom is 0.232 e. The van der Waals surface area contributed by atoms with E-state index in [1.165, 1.54) is 51.6 Å². The van der Waals surface area contributed by atoms with E-state index in [1.54, 1.807) is 11.8 Å². The maximum atomic E-state index is 12.5. The van der Waals surface area contributed by atoms with Crippen LogP contribution in [0, 0.1) is 5.92 Å². The molecule has 3 aliphatic rings. The predicted molar refractivity (Wildman–Crippen MR) is 100 cm³/mol. The van der Waals surface area contributed by atoms with Crippen LogP contribution in [0.1, 0.15) is 51.4 Å². The molecular formula is C19H34N2O2S. The SMILES string of the molecule is CSCC(=O)N(CC1CCN(C2CCCC2)CC1)C[C@H]1CCCO1. The summed E-state index contributed by atoms with van der Waals surface area (Å²) in [5.41, 5.74) is 0. The third-order valence-electron chi connectivity index (χ3n) is 6.04. The van der Waals surface area contributed by atoms with Gasteiger partial charge in [-0.2, -0.15) is 11.8 Å². The van der Waals surface area contributed by atoms with Gasteiger partial charge in [-0.15, -0.1) is 0 Å². The van der Waals surface area contributed by atoms with Gasteiger partial charge in [-0.1, -0.05) is 12.8 Å². The zero-order valence-corrected chi connectivity index (χ0v) is 16.1. The smallest absolute Gasteiger partial charge is 0.232 e. The zero-order chi connectivity index (χ0) is 16.8. The molecule has 0 aromatic carbocycles. The van der Waals surface area contributed by atoms with Gasteiger partial charge in [-0.3, -0.25) is 4.79 Å². The van der Waals surface area contributed by atoms with Crippen molar-refractivity contribution < 1.29 is 9.53 Å². The average molecular weight is 355 g/mol. The first-order valence-corrected chi connectivity index (χ1v) is 11.3. The fourth-order valence-corrected chi connectivity index (χ4v) is 5.04. The van der Waals surface area contributed by atoms with Gasteiger partial charge in [0.25, 0.3) is 0 Å². The highest BCUT2D eigenvalue weighted by Crippen LogP contribution is 2.28. The van der Waals surface area contributed by atoms with Crippen molar-refractivity contribution in [1.82, 2.24) is 9.80 Å². The number of ether oxygens (including phenoxy) is 1. The molecular weight excluding hydrogens is 320 g/mol. The first kappa shape index (κ1) is 18.5. The molecule has 24 heavy (non-hydrogen) atoms. The number of rotatable bonds is 7. The van der Waals surface area contributed by atoms with Gasteiger partial charge in [0.2, 0.25) is 5.91 Å². The number of piperidine rings is 1. The lowest BCUT2D eigenvalue weighted by molar-refractivity contribution is -0.130. The molecule has 2 heterocycles. The highest BCUT2D eigenvalue weighted by Gasteiger charge is 2.30. The Bertz CT molecular complexity index is 387. The summed E-state index contributed by atoms with van der Waals surface area (Å²) >= 11 is 1.63. The molecule has 0 bridgehead atoms. The lowest BCUT2D eigenvalue weighted by Gasteiger charge is -2.38. The van der Waals surface area contributed by atoms with E-state index >= 15 is 0 Å². The molecule has 0 aromatic heterocycles. The predicted octanol–water partition coefficient (Wildman–Crippen LogP) is 3.01. The van der Waals surface area contributed by atoms with Crippen molar-refractivity contribution >= 4 is 17.7 Å². The Morgan fingerprint density at radius 3 is 2.46 bits per heavy atom. The molecule has 4 nitrogen and oxygen atoms in total. The number of nitrogens with zero attached hydrogens (tertiary/aromatic N) is 2. The Labute approximate surface area is 151 Å². The topological polar surface area (TPSA) is 32.8 Å². The summed E-state index contributed by atoms with van der Waals surface area (Å²) in [4.78, 5) is 17.4. The summed E-state index contributed by atoms with van der Waals surface area (Å²) in [5.74, 6) is 1.58. The third kappa shape index (κ3) is 5.12. The second-order valence-corrected chi connectivity index (χ2v) is 8.65. The number of carbonyl (C=O) groups is 1. The van der Waals surface area contributed by atoms with Crippen LogP contribution in [0.25, 0.3) is 0 Å². The number of thioether (sulfide) groups is 1. The second-order valence-electron chi connectivity index (χ2n) is 7.78. The van der Waals surface area contributed by atoms with Gasteiger partial charge in [-0.25, -0.2) is 0 Å². The normalized spacial score (nSPS) is 27.0. The Balaban J connectivity index is 1.47. The minimum Gasteiger partial charge on any atom is -0.376 e. The van der Waals surface area contributed by atoms with Gasteiger partial charge in [0.15, 0.2) is 0 Å². The standard InChI is InChI=1S/C19H34N2O2S/c1-24-15-19(22)21(14-18-7-4-12-23-18)13-16-8-10-20(11-9-16)17-5-2-3-6-17/h16-18H,2-15H2,1H3/t18-/m1/s1. The Morgan fingerprint density at radius 2 is 1.83 bits per heavy atom. The molecule has 0 aromatic rings. The van der Waals surface area contributed by atoms with E-state index in [0.29, 0.717) is 17.6 Å². The number of carbonyl (C=O) groups excluding carboxylic acids is 1. The van der Waals surface area contributed by atoms with Crippen LogP contribution in [0.5, 0.6) is 0 Å². The summed E-state index contributed by atoms with van der Waals surface area (Å²) in [6, 6.07) is 0.854. The molecule has 0 unspecified atom stereocenters. The highest BCUT2D eigenvalue weighted by molar-refractivity contribution is 7.99. The van der Waals surface area contributed by atoms with Gasteiger partial charge in [0.1, 0.15) is 0 Å². The summed E-state index contributed by atoms with van der Waals surface area (Å²) in [7, 11) is 0. The van der Waals surface area contributed by atoms with Crippen LogP contribution in [0.2, 0.25) is 0 Å². The van der Waals surface area contributed by atoms with E-state index in [9.17, 15) is 4.79 Å². The molecule has 5 heteroatoms. The van der Waals surface area contributed by atoms with Crippen molar-refractivity contribution in [3.05, 3.63) is 0 Å². The average Bonchev–Trinajstić information content (AvgIpc) is 3.29. The van der Waals surface area contributed by atoms with E-state index in [-0.39, 0.29) is 6.10 Å². The molecule has 0 radical (unpaired) electrons. The van der Waals surface area contributed by atoms with Crippen molar-refractivity contribution in [3.63, 3.8) is 0 Å². The summed E-state index contributed by atoms with van der Waals surface area (Å²) in [6.07, 6.45) is 12.7. The molecule has 2 aliphatic heterocycles. The quantitative estimate of drug-likeness (QED) is 0.704. The number of hydrogen-bond donors (Lipinski definition) is 0. The fraction of sp³-hybridized carbons (Fsp3) is 0.947. The molecule has 3 rings (SSSR count). The van der Waals surface area contributed by atoms with Gasteiger partial charge in [-0.05, 0) is 63.8 Å². The third-order valence-corrected chi connectivity index (χ3v) is 6.57. The van der Waals surface area contributed by atoms with Crippen molar-refractivity contribution in [2.75, 3.05) is 44.8 Å². The molecule has 1 aliphatic carbocycles. The van der Waals surface area contributed by atoms with Crippen LogP contribution in [-0.2, 0) is 9.53 Å². The van der Waals surface area contributed by atoms with Crippen LogP contribution in [0.4, 0.5) is 0 Å². The van der Waals surface area contributed by atoms with Crippen molar-refractivity contribution in [1.29, 1.82) is 0 Å². The van der Waals surface area contributed by atoms with E-state index in [4.69, 9.17) is 4.74 Å². The fourth-order valence-electron chi connectivity index (χ4n) is 4.61. The van der Waals surface area contributed by atoms with Crippen molar-refractivity contribution in [2.45, 2.75) is 63.5 Å². The minimum absolute atomic E-state index is 0.273. The van der Waals surface area contributed by atoms with Crippen LogP contribution in [0.3, 0.4) is 0 Å². The molecule has 3 fully saturated rings. The van der Waals surface area contributed by atoms with Crippen LogP contribution < -0.4 is 0 Å². The zero-order valence-electron chi connectivity index (χ0n) is 15.3. The molecule has 138 valence electrons. The van der Waals surface area contributed by atoms with Crippen molar-refractivity contribution in [2.24, 2.45) is 5.92 Å². The maximum absolute atomic E-state index is 12.5. The molecule has 0 spiro atoms. The second kappa shape index (κ2) is 9.44. The number of hydrogen-bond acceptors (Lipinski definition) is 4. The van der Waals surface area contributed by atoms with Crippen LogP contribution in [-0.4, -0.2) is 72.6 Å². The van der Waals surface area contributed by atoms with E-state index in [1.807, 2.05) is 6.26 Å². The molecule has 0 N–H and O–H groups in total. The minimum atomic E-state index is 0.273. The van der Waals surface area contributed by atoms with Crippen LogP contribution >= 0.6 is 11.8 Å². The number of amides is 1. The first-order valence-electron chi connectivity index (χ1n) is 9.88. The highest BCUT2D eigenvalue weighted by atomic mass is 32.2. The van der Waals surface area contributed by atoms with E-state index in [2.05, 4.69) is 9.80 Å².